The molecule has 1 amide bonds. The Morgan fingerprint density at radius 1 is 1.35 bits per heavy atom. The highest BCUT2D eigenvalue weighted by Gasteiger charge is 2.41. The molecule has 0 bridgehead atoms. The predicted octanol–water partition coefficient (Wildman–Crippen LogP) is 2.67. The smallest absolute Gasteiger partial charge is 0.227 e. The fourth-order valence-electron chi connectivity index (χ4n) is 2.65. The molecule has 0 aromatic heterocycles. The summed E-state index contributed by atoms with van der Waals surface area (Å²) in [7, 11) is 0. The topological polar surface area (TPSA) is 55.1 Å². The van der Waals surface area contributed by atoms with Gasteiger partial charge in [-0.1, -0.05) is 50.6 Å². The minimum Gasteiger partial charge on any atom is -0.355 e. The molecule has 0 radical (unpaired) electrons. The third-order valence-electron chi connectivity index (χ3n) is 4.68. The molecular weight excluding hydrogens is 248 g/mol. The quantitative estimate of drug-likeness (QED) is 0.803. The molecule has 0 saturated heterocycles. The van der Waals surface area contributed by atoms with Crippen LogP contribution in [0.5, 0.6) is 0 Å². The molecule has 1 aliphatic carbocycles. The van der Waals surface area contributed by atoms with Crippen molar-refractivity contribution in [1.29, 1.82) is 0 Å². The van der Waals surface area contributed by atoms with Gasteiger partial charge >= 0.3 is 0 Å². The molecule has 3 nitrogen and oxygen atoms in total. The largest absolute Gasteiger partial charge is 0.355 e. The first-order valence-electron chi connectivity index (χ1n) is 7.64. The summed E-state index contributed by atoms with van der Waals surface area (Å²) < 4.78 is 0. The lowest BCUT2D eigenvalue weighted by Gasteiger charge is -2.24. The Kier molecular flexibility index (Phi) is 4.81. The fourth-order valence-corrected chi connectivity index (χ4v) is 2.65. The van der Waals surface area contributed by atoms with Crippen LogP contribution in [0.1, 0.15) is 44.6 Å². The van der Waals surface area contributed by atoms with Gasteiger partial charge in [0.1, 0.15) is 0 Å². The number of hydrogen-bond acceptors (Lipinski definition) is 2. The minimum atomic E-state index is -0.0604. The Bertz CT molecular complexity index is 440. The molecule has 2 rings (SSSR count). The third-order valence-corrected chi connectivity index (χ3v) is 4.68. The zero-order valence-electron chi connectivity index (χ0n) is 12.6. The average Bonchev–Trinajstić information content (AvgIpc) is 3.27. The molecule has 20 heavy (non-hydrogen) atoms. The molecule has 2 atom stereocenters. The van der Waals surface area contributed by atoms with Crippen LogP contribution in [-0.4, -0.2) is 19.0 Å². The van der Waals surface area contributed by atoms with Crippen LogP contribution in [0.2, 0.25) is 0 Å². The van der Waals surface area contributed by atoms with E-state index in [9.17, 15) is 4.79 Å². The zero-order valence-corrected chi connectivity index (χ0v) is 12.6. The maximum absolute atomic E-state index is 12.6. The van der Waals surface area contributed by atoms with Gasteiger partial charge in [0.2, 0.25) is 5.91 Å². The third kappa shape index (κ3) is 3.40. The molecule has 1 aromatic carbocycles. The lowest BCUT2D eigenvalue weighted by atomic mass is 9.84. The summed E-state index contributed by atoms with van der Waals surface area (Å²) in [5.74, 6) is 0.422. The van der Waals surface area contributed by atoms with E-state index in [4.69, 9.17) is 5.73 Å². The Balaban J connectivity index is 2.05. The zero-order chi connectivity index (χ0) is 14.6. The number of hydrogen-bond donors (Lipinski definition) is 2. The van der Waals surface area contributed by atoms with E-state index in [-0.39, 0.29) is 17.2 Å². The Morgan fingerprint density at radius 3 is 2.50 bits per heavy atom. The lowest BCUT2D eigenvalue weighted by molar-refractivity contribution is -0.123. The van der Waals surface area contributed by atoms with Gasteiger partial charge in [-0.15, -0.1) is 0 Å². The van der Waals surface area contributed by atoms with Crippen molar-refractivity contribution < 1.29 is 4.79 Å². The highest BCUT2D eigenvalue weighted by atomic mass is 16.1. The minimum absolute atomic E-state index is 0.0604. The molecule has 1 aliphatic rings. The second kappa shape index (κ2) is 6.40. The van der Waals surface area contributed by atoms with Gasteiger partial charge in [-0.25, -0.2) is 0 Å². The van der Waals surface area contributed by atoms with E-state index in [2.05, 4.69) is 19.2 Å². The van der Waals surface area contributed by atoms with Crippen LogP contribution in [0.4, 0.5) is 0 Å². The van der Waals surface area contributed by atoms with Gasteiger partial charge in [-0.2, -0.15) is 0 Å². The number of rotatable bonds is 7. The second-order valence-electron chi connectivity index (χ2n) is 6.20. The maximum atomic E-state index is 12.6. The SMILES string of the molecule is CCC(C)C(C(=O)NCC1(CN)CC1)c1ccccc1. The van der Waals surface area contributed by atoms with E-state index < -0.39 is 0 Å². The van der Waals surface area contributed by atoms with Crippen molar-refractivity contribution in [2.75, 3.05) is 13.1 Å². The standard InChI is InChI=1S/C17H26N2O/c1-3-13(2)15(14-7-5-4-6-8-14)16(20)19-12-17(11-18)9-10-17/h4-8,13,15H,3,9-12,18H2,1-2H3,(H,19,20). The second-order valence-corrected chi connectivity index (χ2v) is 6.20. The lowest BCUT2D eigenvalue weighted by Crippen LogP contribution is -2.38. The van der Waals surface area contributed by atoms with Crippen molar-refractivity contribution in [3.8, 4) is 0 Å². The number of nitrogens with one attached hydrogen (secondary N) is 1. The summed E-state index contributed by atoms with van der Waals surface area (Å²) in [6, 6.07) is 10.1. The van der Waals surface area contributed by atoms with Crippen LogP contribution in [0.15, 0.2) is 30.3 Å². The van der Waals surface area contributed by atoms with Crippen LogP contribution in [-0.2, 0) is 4.79 Å². The molecule has 1 aromatic rings. The van der Waals surface area contributed by atoms with Gasteiger partial charge in [0.25, 0.3) is 0 Å². The molecule has 1 fully saturated rings. The number of nitrogens with two attached hydrogens (primary N) is 1. The van der Waals surface area contributed by atoms with Crippen LogP contribution in [0.3, 0.4) is 0 Å². The number of carbonyl (C=O) groups is 1. The van der Waals surface area contributed by atoms with Crippen molar-refractivity contribution in [2.45, 2.75) is 39.0 Å². The number of benzene rings is 1. The summed E-state index contributed by atoms with van der Waals surface area (Å²) >= 11 is 0. The first-order chi connectivity index (χ1) is 9.62. The molecule has 110 valence electrons. The fraction of sp³-hybridized carbons (Fsp3) is 0.588. The molecule has 3 heteroatoms. The summed E-state index contributed by atoms with van der Waals surface area (Å²) in [4.78, 5) is 12.6. The van der Waals surface area contributed by atoms with Crippen molar-refractivity contribution in [3.05, 3.63) is 35.9 Å². The van der Waals surface area contributed by atoms with Crippen LogP contribution >= 0.6 is 0 Å². The summed E-state index contributed by atoms with van der Waals surface area (Å²) in [5, 5.41) is 3.13. The molecule has 0 aliphatic heterocycles. The molecule has 1 saturated carbocycles. The first-order valence-corrected chi connectivity index (χ1v) is 7.64. The Hall–Kier alpha value is -1.35. The van der Waals surface area contributed by atoms with E-state index in [1.165, 1.54) is 0 Å². The van der Waals surface area contributed by atoms with Crippen molar-refractivity contribution in [3.63, 3.8) is 0 Å². The summed E-state index contributed by atoms with van der Waals surface area (Å²) in [6.07, 6.45) is 3.28. The van der Waals surface area contributed by atoms with E-state index >= 15 is 0 Å². The van der Waals surface area contributed by atoms with Gasteiger partial charge in [0.05, 0.1) is 5.92 Å². The molecule has 0 heterocycles. The van der Waals surface area contributed by atoms with E-state index in [0.29, 0.717) is 12.5 Å². The molecule has 0 spiro atoms. The predicted molar refractivity (Wildman–Crippen MR) is 82.4 cm³/mol. The highest BCUT2D eigenvalue weighted by molar-refractivity contribution is 5.84. The van der Waals surface area contributed by atoms with Crippen LogP contribution in [0.25, 0.3) is 0 Å². The monoisotopic (exact) mass is 274 g/mol. The van der Waals surface area contributed by atoms with E-state index in [1.807, 2.05) is 30.3 Å². The molecule has 2 unspecified atom stereocenters. The van der Waals surface area contributed by atoms with E-state index in [0.717, 1.165) is 31.4 Å². The summed E-state index contributed by atoms with van der Waals surface area (Å²) in [6.45, 7) is 5.68. The number of amides is 1. The number of carbonyl (C=O) groups excluding carboxylic acids is 1. The summed E-state index contributed by atoms with van der Waals surface area (Å²) in [5.41, 5.74) is 7.07. The van der Waals surface area contributed by atoms with Gasteiger partial charge in [0, 0.05) is 6.54 Å². The molecule has 3 N–H and O–H groups in total. The maximum Gasteiger partial charge on any atom is 0.227 e. The van der Waals surface area contributed by atoms with Crippen molar-refractivity contribution in [1.82, 2.24) is 5.32 Å². The van der Waals surface area contributed by atoms with E-state index in [1.54, 1.807) is 0 Å². The van der Waals surface area contributed by atoms with Gasteiger partial charge in [0.15, 0.2) is 0 Å². The van der Waals surface area contributed by atoms with Gasteiger partial charge < -0.3 is 11.1 Å². The average molecular weight is 274 g/mol. The Labute approximate surface area is 121 Å². The van der Waals surface area contributed by atoms with Crippen molar-refractivity contribution >= 4 is 5.91 Å². The van der Waals surface area contributed by atoms with Gasteiger partial charge in [-0.05, 0) is 36.3 Å². The normalized spacial score (nSPS) is 19.1. The van der Waals surface area contributed by atoms with Crippen molar-refractivity contribution in [2.24, 2.45) is 17.1 Å². The van der Waals surface area contributed by atoms with Crippen LogP contribution in [0, 0.1) is 11.3 Å². The molecular formula is C17H26N2O. The Morgan fingerprint density at radius 2 is 2.00 bits per heavy atom. The van der Waals surface area contributed by atoms with Crippen LogP contribution < -0.4 is 11.1 Å². The van der Waals surface area contributed by atoms with Gasteiger partial charge in [-0.3, -0.25) is 4.79 Å². The highest BCUT2D eigenvalue weighted by Crippen LogP contribution is 2.43. The first kappa shape index (κ1) is 15.0.